The van der Waals surface area contributed by atoms with Gasteiger partial charge in [0.15, 0.2) is 9.84 Å². The van der Waals surface area contributed by atoms with Crippen molar-refractivity contribution in [1.29, 1.82) is 0 Å². The van der Waals surface area contributed by atoms with E-state index in [-0.39, 0.29) is 33.9 Å². The van der Waals surface area contributed by atoms with Gasteiger partial charge in [0.1, 0.15) is 29.1 Å². The third-order valence-corrected chi connectivity index (χ3v) is 10.6. The molecule has 0 heterocycles. The molecule has 0 aromatic heterocycles. The van der Waals surface area contributed by atoms with Crippen molar-refractivity contribution < 1.29 is 49.4 Å². The average molecular weight is 719 g/mol. The van der Waals surface area contributed by atoms with Gasteiger partial charge in [-0.05, 0) is 100 Å². The number of nitrogens with zero attached hydrogens (tertiary/aromatic N) is 1. The molecule has 1 amide bonds. The number of nitrogens with one attached hydrogen (secondary N) is 1. The summed E-state index contributed by atoms with van der Waals surface area (Å²) in [5.41, 5.74) is -1.25. The summed E-state index contributed by atoms with van der Waals surface area (Å²) in [6, 6.07) is 7.57. The molecule has 0 aliphatic rings. The maximum absolute atomic E-state index is 15.1. The Bertz CT molecular complexity index is 1830. The fourth-order valence-corrected chi connectivity index (χ4v) is 7.94. The largest absolute Gasteiger partial charge is 0.480 e. The molecule has 0 aliphatic carbocycles. The molecule has 0 unspecified atom stereocenters. The van der Waals surface area contributed by atoms with E-state index in [0.717, 1.165) is 24.3 Å². The molecule has 0 saturated heterocycles. The van der Waals surface area contributed by atoms with E-state index in [4.69, 9.17) is 16.3 Å². The number of aryl methyl sites for hydroxylation is 1. The van der Waals surface area contributed by atoms with Crippen LogP contribution in [-0.4, -0.2) is 57.2 Å². The fourth-order valence-electron chi connectivity index (χ4n) is 4.69. The van der Waals surface area contributed by atoms with E-state index in [1.165, 1.54) is 37.3 Å². The zero-order valence-corrected chi connectivity index (χ0v) is 28.2. The number of carbonyl (C=O) groups is 2. The molecular formula is C31H34ClF3N2O8S2. The second kappa shape index (κ2) is 14.9. The molecule has 3 aromatic rings. The van der Waals surface area contributed by atoms with Crippen LogP contribution in [0.3, 0.4) is 0 Å². The predicted octanol–water partition coefficient (Wildman–Crippen LogP) is 6.04. The van der Waals surface area contributed by atoms with Crippen LogP contribution in [0, 0.1) is 17.5 Å². The zero-order chi connectivity index (χ0) is 35.3. The molecule has 16 heteroatoms. The number of benzene rings is 3. The number of aliphatic carboxylic acids is 1. The van der Waals surface area contributed by atoms with Crippen molar-refractivity contribution in [2.75, 3.05) is 15.8 Å². The normalized spacial score (nSPS) is 13.4. The molecule has 0 aliphatic heterocycles. The monoisotopic (exact) mass is 718 g/mol. The van der Waals surface area contributed by atoms with Gasteiger partial charge < -0.3 is 15.2 Å². The molecule has 3 rings (SSSR count). The molecule has 256 valence electrons. The first-order valence-corrected chi connectivity index (χ1v) is 17.8. The maximum Gasteiger partial charge on any atom is 0.408 e. The van der Waals surface area contributed by atoms with Crippen molar-refractivity contribution in [3.05, 3.63) is 94.3 Å². The Labute approximate surface area is 276 Å². The minimum absolute atomic E-state index is 0.131. The van der Waals surface area contributed by atoms with Gasteiger partial charge in [-0.25, -0.2) is 39.6 Å². The van der Waals surface area contributed by atoms with Gasteiger partial charge in [0, 0.05) is 11.1 Å². The summed E-state index contributed by atoms with van der Waals surface area (Å²) in [7, 11) is -8.71. The maximum atomic E-state index is 15.1. The third-order valence-electron chi connectivity index (χ3n) is 6.73. The van der Waals surface area contributed by atoms with Gasteiger partial charge in [-0.15, -0.1) is 0 Å². The van der Waals surface area contributed by atoms with Crippen molar-refractivity contribution in [1.82, 2.24) is 5.32 Å². The fraction of sp³-hybridized carbons (Fsp3) is 0.355. The van der Waals surface area contributed by atoms with Crippen LogP contribution in [0.1, 0.15) is 51.3 Å². The van der Waals surface area contributed by atoms with Gasteiger partial charge >= 0.3 is 12.1 Å². The van der Waals surface area contributed by atoms with E-state index in [1.807, 2.05) is 5.32 Å². The number of ether oxygens (including phenoxy) is 1. The molecule has 3 aromatic carbocycles. The number of carboxylic acid groups (broad SMARTS) is 1. The minimum atomic E-state index is -4.59. The number of amides is 1. The van der Waals surface area contributed by atoms with E-state index in [9.17, 15) is 40.3 Å². The Balaban J connectivity index is 1.92. The van der Waals surface area contributed by atoms with Crippen LogP contribution < -0.4 is 9.62 Å². The SMILES string of the molecule is C[C@H](c1ccc(F)cc1CCCS(=O)(=O)C[C@H](NC(=O)OC(C)(C)C)C(=O)O)N(c1cc(F)ccc1F)S(=O)(=O)c1ccc(Cl)cc1. The molecular weight excluding hydrogens is 685 g/mol. The third kappa shape index (κ3) is 10.3. The Morgan fingerprint density at radius 2 is 1.55 bits per heavy atom. The Morgan fingerprint density at radius 3 is 2.15 bits per heavy atom. The highest BCUT2D eigenvalue weighted by Gasteiger charge is 2.34. The summed E-state index contributed by atoms with van der Waals surface area (Å²) in [5.74, 6) is -5.85. The molecule has 0 fully saturated rings. The van der Waals surface area contributed by atoms with Gasteiger partial charge in [0.2, 0.25) is 0 Å². The van der Waals surface area contributed by atoms with E-state index in [2.05, 4.69) is 0 Å². The summed E-state index contributed by atoms with van der Waals surface area (Å²) in [5, 5.41) is 11.7. The molecule has 0 saturated carbocycles. The lowest BCUT2D eigenvalue weighted by Gasteiger charge is -2.32. The van der Waals surface area contributed by atoms with E-state index >= 15 is 4.39 Å². The average Bonchev–Trinajstić information content (AvgIpc) is 2.93. The number of halogens is 4. The van der Waals surface area contributed by atoms with Crippen LogP contribution in [0.4, 0.5) is 23.7 Å². The number of hydrogen-bond donors (Lipinski definition) is 2. The second-order valence-corrected chi connectivity index (χ2v) is 16.1. The lowest BCUT2D eigenvalue weighted by Crippen LogP contribution is -2.47. The number of rotatable bonds is 13. The van der Waals surface area contributed by atoms with E-state index < -0.39 is 84.3 Å². The van der Waals surface area contributed by atoms with Crippen LogP contribution in [0.2, 0.25) is 5.02 Å². The number of sulfonamides is 1. The first-order chi connectivity index (χ1) is 21.7. The Hall–Kier alpha value is -3.82. The highest BCUT2D eigenvalue weighted by Crippen LogP contribution is 2.37. The van der Waals surface area contributed by atoms with Gasteiger partial charge in [-0.3, -0.25) is 4.31 Å². The Kier molecular flexibility index (Phi) is 12.0. The highest BCUT2D eigenvalue weighted by molar-refractivity contribution is 7.93. The summed E-state index contributed by atoms with van der Waals surface area (Å²) in [6.45, 7) is 6.01. The van der Waals surface area contributed by atoms with Gasteiger partial charge in [0.25, 0.3) is 10.0 Å². The van der Waals surface area contributed by atoms with E-state index in [0.29, 0.717) is 10.4 Å². The number of hydrogen-bond acceptors (Lipinski definition) is 7. The second-order valence-electron chi connectivity index (χ2n) is 11.6. The summed E-state index contributed by atoms with van der Waals surface area (Å²) in [6.07, 6.45) is -1.41. The van der Waals surface area contributed by atoms with Crippen LogP contribution in [0.15, 0.2) is 65.6 Å². The Morgan fingerprint density at radius 1 is 0.957 bits per heavy atom. The quantitative estimate of drug-likeness (QED) is 0.218. The smallest absolute Gasteiger partial charge is 0.408 e. The van der Waals surface area contributed by atoms with Crippen molar-refractivity contribution >= 4 is 49.2 Å². The molecule has 2 atom stereocenters. The molecule has 2 N–H and O–H groups in total. The lowest BCUT2D eigenvalue weighted by atomic mass is 9.97. The van der Waals surface area contributed by atoms with Gasteiger partial charge in [-0.1, -0.05) is 17.7 Å². The number of carbonyl (C=O) groups excluding carboxylic acids is 1. The number of alkyl carbamates (subject to hydrolysis) is 1. The van der Waals surface area contributed by atoms with Crippen LogP contribution in [0.25, 0.3) is 0 Å². The summed E-state index contributed by atoms with van der Waals surface area (Å²) >= 11 is 5.92. The topological polar surface area (TPSA) is 147 Å². The number of sulfone groups is 1. The molecule has 47 heavy (non-hydrogen) atoms. The predicted molar refractivity (Wildman–Crippen MR) is 170 cm³/mol. The van der Waals surface area contributed by atoms with Crippen molar-refractivity contribution in [2.45, 2.75) is 63.1 Å². The first-order valence-electron chi connectivity index (χ1n) is 14.2. The number of anilines is 1. The van der Waals surface area contributed by atoms with Crippen LogP contribution >= 0.6 is 11.6 Å². The molecule has 0 bridgehead atoms. The number of carboxylic acids is 1. The lowest BCUT2D eigenvalue weighted by molar-refractivity contribution is -0.138. The van der Waals surface area contributed by atoms with Crippen LogP contribution in [-0.2, 0) is 35.8 Å². The molecule has 10 nitrogen and oxygen atoms in total. The summed E-state index contributed by atoms with van der Waals surface area (Å²) in [4.78, 5) is 23.4. The van der Waals surface area contributed by atoms with E-state index in [1.54, 1.807) is 20.8 Å². The zero-order valence-electron chi connectivity index (χ0n) is 25.8. The van der Waals surface area contributed by atoms with Crippen molar-refractivity contribution in [3.63, 3.8) is 0 Å². The highest BCUT2D eigenvalue weighted by atomic mass is 35.5. The summed E-state index contributed by atoms with van der Waals surface area (Å²) < 4.78 is 103. The van der Waals surface area contributed by atoms with Crippen molar-refractivity contribution in [2.24, 2.45) is 0 Å². The standard InChI is InChI=1S/C31H34ClF3N2O8S2/c1-19(37(28-17-23(34)10-14-26(28)35)47(43,44)24-11-7-21(32)8-12-24)25-13-9-22(33)16-20(25)6-5-15-46(41,42)18-27(29(38)39)36-30(40)45-31(2,3)4/h7-14,16-17,19,27H,5-6,15,18H2,1-4H3,(H,36,40)(H,38,39)/t19-,27+/m1/s1. The minimum Gasteiger partial charge on any atom is -0.480 e. The van der Waals surface area contributed by atoms with Gasteiger partial charge in [-0.2, -0.15) is 0 Å². The van der Waals surface area contributed by atoms with Crippen LogP contribution in [0.5, 0.6) is 0 Å². The first kappa shape index (κ1) is 37.6. The van der Waals surface area contributed by atoms with Gasteiger partial charge in [0.05, 0.1) is 28.1 Å². The molecule has 0 radical (unpaired) electrons. The molecule has 0 spiro atoms. The van der Waals surface area contributed by atoms with Crippen molar-refractivity contribution in [3.8, 4) is 0 Å².